The van der Waals surface area contributed by atoms with Crippen molar-refractivity contribution in [1.29, 1.82) is 0 Å². The summed E-state index contributed by atoms with van der Waals surface area (Å²) in [6, 6.07) is 0. The van der Waals surface area contributed by atoms with E-state index in [9.17, 15) is 14.4 Å². The Morgan fingerprint density at radius 1 is 0.815 bits per heavy atom. The Balaban J connectivity index is -0.000000133. The molecule has 0 saturated heterocycles. The van der Waals surface area contributed by atoms with Gasteiger partial charge in [-0.25, -0.2) is 14.4 Å². The lowest BCUT2D eigenvalue weighted by molar-refractivity contribution is -0.133. The molecule has 2 atom stereocenters. The molecule has 9 heteroatoms. The summed E-state index contributed by atoms with van der Waals surface area (Å²) in [5, 5.41) is 40.8. The van der Waals surface area contributed by atoms with Crippen molar-refractivity contribution in [2.45, 2.75) is 46.8 Å². The lowest BCUT2D eigenvalue weighted by Crippen LogP contribution is -2.19. The van der Waals surface area contributed by atoms with Gasteiger partial charge in [0.05, 0.1) is 25.4 Å². The molecular formula is C18H32O9. The molecule has 0 radical (unpaired) electrons. The van der Waals surface area contributed by atoms with Gasteiger partial charge < -0.3 is 30.3 Å². The maximum atomic E-state index is 9.60. The molecule has 0 bridgehead atoms. The number of carbonyl (C=O) groups is 3. The molecular weight excluding hydrogens is 360 g/mol. The minimum atomic E-state index is -0.935. The van der Waals surface area contributed by atoms with Gasteiger partial charge in [-0.05, 0) is 34.6 Å². The summed E-state index contributed by atoms with van der Waals surface area (Å²) in [6.07, 6.45) is -0.612. The molecule has 0 aliphatic rings. The molecule has 158 valence electrons. The first-order valence-electron chi connectivity index (χ1n) is 7.66. The molecule has 5 N–H and O–H groups in total. The molecule has 0 amide bonds. The monoisotopic (exact) mass is 392 g/mol. The Labute approximate surface area is 159 Å². The van der Waals surface area contributed by atoms with E-state index in [1.165, 1.54) is 20.8 Å². The van der Waals surface area contributed by atoms with Gasteiger partial charge in [0.2, 0.25) is 0 Å². The van der Waals surface area contributed by atoms with Crippen LogP contribution in [-0.2, 0) is 19.1 Å². The number of carboxylic acid groups (broad SMARTS) is 3. The fraction of sp³-hybridized carbons (Fsp3) is 0.500. The quantitative estimate of drug-likeness (QED) is 0.406. The maximum absolute atomic E-state index is 9.60. The van der Waals surface area contributed by atoms with E-state index in [0.717, 1.165) is 0 Å². The number of aliphatic hydroxyl groups is 2. The number of hydrogen-bond donors (Lipinski definition) is 5. The molecule has 0 heterocycles. The summed E-state index contributed by atoms with van der Waals surface area (Å²) < 4.78 is 4.95. The summed E-state index contributed by atoms with van der Waals surface area (Å²) in [7, 11) is 0. The lowest BCUT2D eigenvalue weighted by atomic mass is 10.4. The van der Waals surface area contributed by atoms with Gasteiger partial charge >= 0.3 is 17.9 Å². The van der Waals surface area contributed by atoms with E-state index in [-0.39, 0.29) is 29.4 Å². The smallest absolute Gasteiger partial charge is 0.330 e. The summed E-state index contributed by atoms with van der Waals surface area (Å²) >= 11 is 0. The summed E-state index contributed by atoms with van der Waals surface area (Å²) in [5.74, 6) is -2.81. The second-order valence-corrected chi connectivity index (χ2v) is 5.43. The van der Waals surface area contributed by atoms with Gasteiger partial charge in [0.25, 0.3) is 0 Å². The Morgan fingerprint density at radius 2 is 1.04 bits per heavy atom. The number of hydrogen-bond acceptors (Lipinski definition) is 6. The van der Waals surface area contributed by atoms with Crippen molar-refractivity contribution >= 4 is 17.9 Å². The van der Waals surface area contributed by atoms with Crippen molar-refractivity contribution in [1.82, 2.24) is 0 Å². The van der Waals surface area contributed by atoms with Crippen LogP contribution < -0.4 is 0 Å². The van der Waals surface area contributed by atoms with Crippen LogP contribution in [0.1, 0.15) is 34.6 Å². The highest BCUT2D eigenvalue weighted by molar-refractivity contribution is 5.85. The second-order valence-electron chi connectivity index (χ2n) is 5.43. The van der Waals surface area contributed by atoms with E-state index >= 15 is 0 Å². The third kappa shape index (κ3) is 39.9. The van der Waals surface area contributed by atoms with Gasteiger partial charge in [0, 0.05) is 16.7 Å². The molecule has 0 saturated carbocycles. The first kappa shape index (κ1) is 32.2. The molecule has 9 nitrogen and oxygen atoms in total. The highest BCUT2D eigenvalue weighted by atomic mass is 16.5. The van der Waals surface area contributed by atoms with Crippen LogP contribution in [0, 0.1) is 0 Å². The Morgan fingerprint density at radius 3 is 1.15 bits per heavy atom. The van der Waals surface area contributed by atoms with Gasteiger partial charge in [0.15, 0.2) is 0 Å². The summed E-state index contributed by atoms with van der Waals surface area (Å²) in [5.41, 5.74) is 0.528. The van der Waals surface area contributed by atoms with Crippen molar-refractivity contribution in [3.63, 3.8) is 0 Å². The number of aliphatic carboxylic acids is 3. The molecule has 0 aliphatic carbocycles. The van der Waals surface area contributed by atoms with Gasteiger partial charge in [0.1, 0.15) is 0 Å². The van der Waals surface area contributed by atoms with Gasteiger partial charge in [-0.3, -0.25) is 0 Å². The summed E-state index contributed by atoms with van der Waals surface area (Å²) in [4.78, 5) is 28.8. The van der Waals surface area contributed by atoms with Crippen molar-refractivity contribution < 1.29 is 44.7 Å². The van der Waals surface area contributed by atoms with Gasteiger partial charge in [-0.1, -0.05) is 19.7 Å². The molecule has 27 heavy (non-hydrogen) atoms. The van der Waals surface area contributed by atoms with Crippen LogP contribution in [0.3, 0.4) is 0 Å². The van der Waals surface area contributed by atoms with Gasteiger partial charge in [-0.15, -0.1) is 0 Å². The number of aliphatic hydroxyl groups excluding tert-OH is 2. The average molecular weight is 392 g/mol. The van der Waals surface area contributed by atoms with Gasteiger partial charge in [-0.2, -0.15) is 0 Å². The zero-order valence-electron chi connectivity index (χ0n) is 16.6. The van der Waals surface area contributed by atoms with Crippen LogP contribution in [0.15, 0.2) is 36.5 Å². The van der Waals surface area contributed by atoms with Crippen LogP contribution in [0.25, 0.3) is 0 Å². The molecule has 0 fully saturated rings. The van der Waals surface area contributed by atoms with Crippen LogP contribution in [-0.4, -0.2) is 68.9 Å². The normalized spacial score (nSPS) is 10.8. The van der Waals surface area contributed by atoms with E-state index in [0.29, 0.717) is 6.61 Å². The average Bonchev–Trinajstić information content (AvgIpc) is 2.53. The Kier molecular flexibility index (Phi) is 23.7. The van der Waals surface area contributed by atoms with E-state index in [4.69, 9.17) is 30.3 Å². The SMILES string of the molecule is C=C(C)C(=O)O.C=C(C)C(=O)O.C=C(C)C(=O)O.CC(O)COC(C)CO. The van der Waals surface area contributed by atoms with E-state index in [1.807, 2.05) is 0 Å². The minimum Gasteiger partial charge on any atom is -0.478 e. The zero-order chi connectivity index (χ0) is 22.7. The van der Waals surface area contributed by atoms with Crippen molar-refractivity contribution in [2.75, 3.05) is 13.2 Å². The predicted octanol–water partition coefficient (Wildman–Crippen LogP) is 1.71. The topological polar surface area (TPSA) is 162 Å². The highest BCUT2D eigenvalue weighted by Gasteiger charge is 2.00. The van der Waals surface area contributed by atoms with Crippen LogP contribution >= 0.6 is 0 Å². The van der Waals surface area contributed by atoms with Crippen molar-refractivity contribution in [3.05, 3.63) is 36.5 Å². The van der Waals surface area contributed by atoms with E-state index < -0.39 is 24.0 Å². The molecule has 0 aromatic carbocycles. The number of rotatable bonds is 7. The van der Waals surface area contributed by atoms with Crippen LogP contribution in [0.2, 0.25) is 0 Å². The zero-order valence-corrected chi connectivity index (χ0v) is 16.6. The molecule has 0 aliphatic heterocycles. The first-order valence-corrected chi connectivity index (χ1v) is 7.66. The van der Waals surface area contributed by atoms with E-state index in [2.05, 4.69) is 19.7 Å². The van der Waals surface area contributed by atoms with E-state index in [1.54, 1.807) is 13.8 Å². The Bertz CT molecular complexity index is 400. The molecule has 0 aromatic rings. The van der Waals surface area contributed by atoms with Crippen molar-refractivity contribution in [3.8, 4) is 0 Å². The molecule has 0 rings (SSSR count). The van der Waals surface area contributed by atoms with Crippen LogP contribution in [0.5, 0.6) is 0 Å². The summed E-state index contributed by atoms with van der Waals surface area (Å²) in [6.45, 7) is 17.5. The third-order valence-corrected chi connectivity index (χ3v) is 1.97. The molecule has 0 aromatic heterocycles. The molecule has 0 spiro atoms. The Hall–Kier alpha value is -2.49. The predicted molar refractivity (Wildman–Crippen MR) is 102 cm³/mol. The second kappa shape index (κ2) is 19.8. The number of carboxylic acids is 3. The maximum Gasteiger partial charge on any atom is 0.330 e. The lowest BCUT2D eigenvalue weighted by Gasteiger charge is -2.10. The fourth-order valence-electron chi connectivity index (χ4n) is 0.356. The standard InChI is InChI=1S/C6H14O3.3C4H6O2/c1-5(8)4-9-6(2)3-7;3*1-3(2)4(5)6/h5-8H,3-4H2,1-2H3;3*1H2,2H3,(H,5,6). The van der Waals surface area contributed by atoms with Crippen molar-refractivity contribution in [2.24, 2.45) is 0 Å². The highest BCUT2D eigenvalue weighted by Crippen LogP contribution is 1.90. The largest absolute Gasteiger partial charge is 0.478 e. The molecule has 2 unspecified atom stereocenters. The number of ether oxygens (including phenoxy) is 1. The first-order chi connectivity index (χ1) is 12.1. The van der Waals surface area contributed by atoms with Crippen LogP contribution in [0.4, 0.5) is 0 Å². The third-order valence-electron chi connectivity index (χ3n) is 1.97. The fourth-order valence-corrected chi connectivity index (χ4v) is 0.356. The minimum absolute atomic E-state index is 0.00667.